The summed E-state index contributed by atoms with van der Waals surface area (Å²) in [6, 6.07) is 10.7. The zero-order chi connectivity index (χ0) is 15.3. The maximum absolute atomic E-state index is 12.3. The number of alkyl halides is 1. The lowest BCUT2D eigenvalue weighted by Crippen LogP contribution is -2.37. The van der Waals surface area contributed by atoms with Crippen molar-refractivity contribution >= 4 is 37.6 Å². The van der Waals surface area contributed by atoms with Gasteiger partial charge in [0.25, 0.3) is 0 Å². The van der Waals surface area contributed by atoms with Crippen molar-refractivity contribution in [2.75, 3.05) is 5.88 Å². The number of pyridine rings is 1. The van der Waals surface area contributed by atoms with Crippen LogP contribution in [0.15, 0.2) is 58.2 Å². The van der Waals surface area contributed by atoms with Crippen LogP contribution < -0.4 is 4.72 Å². The van der Waals surface area contributed by atoms with E-state index in [-0.39, 0.29) is 16.8 Å². The minimum atomic E-state index is -3.64. The molecule has 0 bridgehead atoms. The van der Waals surface area contributed by atoms with Gasteiger partial charge in [0.15, 0.2) is 0 Å². The van der Waals surface area contributed by atoms with Crippen molar-refractivity contribution < 1.29 is 8.42 Å². The highest BCUT2D eigenvalue weighted by molar-refractivity contribution is 9.10. The molecule has 0 saturated carbocycles. The van der Waals surface area contributed by atoms with Crippen LogP contribution in [-0.4, -0.2) is 25.3 Å². The van der Waals surface area contributed by atoms with Crippen LogP contribution in [0.4, 0.5) is 0 Å². The van der Waals surface area contributed by atoms with Crippen LogP contribution in [-0.2, 0) is 16.4 Å². The molecule has 0 saturated heterocycles. The normalized spacial score (nSPS) is 13.0. The summed E-state index contributed by atoms with van der Waals surface area (Å²) in [7, 11) is -3.64. The first-order valence-corrected chi connectivity index (χ1v) is 9.05. The summed E-state index contributed by atoms with van der Waals surface area (Å²) in [4.78, 5) is 3.98. The van der Waals surface area contributed by atoms with Gasteiger partial charge < -0.3 is 0 Å². The van der Waals surface area contributed by atoms with Crippen LogP contribution in [0.3, 0.4) is 0 Å². The Kier molecular flexibility index (Phi) is 5.75. The van der Waals surface area contributed by atoms with Crippen LogP contribution in [0.25, 0.3) is 0 Å². The molecule has 1 atom stereocenters. The molecule has 4 nitrogen and oxygen atoms in total. The summed E-state index contributed by atoms with van der Waals surface area (Å²) in [6.07, 6.45) is 3.37. The first-order chi connectivity index (χ1) is 10.0. The highest BCUT2D eigenvalue weighted by Crippen LogP contribution is 2.15. The Labute approximate surface area is 137 Å². The predicted molar refractivity (Wildman–Crippen MR) is 86.9 cm³/mol. The van der Waals surface area contributed by atoms with E-state index in [1.54, 1.807) is 0 Å². The Morgan fingerprint density at radius 2 is 1.95 bits per heavy atom. The zero-order valence-electron chi connectivity index (χ0n) is 11.0. The third kappa shape index (κ3) is 4.78. The molecule has 21 heavy (non-hydrogen) atoms. The largest absolute Gasteiger partial charge is 0.262 e. The van der Waals surface area contributed by atoms with Gasteiger partial charge in [-0.25, -0.2) is 13.1 Å². The Hall–Kier alpha value is -0.950. The number of nitrogens with zero attached hydrogens (tertiary/aromatic N) is 1. The van der Waals surface area contributed by atoms with Crippen LogP contribution in [0.5, 0.6) is 0 Å². The highest BCUT2D eigenvalue weighted by Gasteiger charge is 2.20. The average molecular weight is 390 g/mol. The fourth-order valence-electron chi connectivity index (χ4n) is 1.85. The van der Waals surface area contributed by atoms with Crippen molar-refractivity contribution in [1.82, 2.24) is 9.71 Å². The van der Waals surface area contributed by atoms with Gasteiger partial charge in [-0.3, -0.25) is 4.98 Å². The monoisotopic (exact) mass is 388 g/mol. The van der Waals surface area contributed by atoms with Gasteiger partial charge in [-0.1, -0.05) is 30.3 Å². The smallest absolute Gasteiger partial charge is 0.242 e. The van der Waals surface area contributed by atoms with Gasteiger partial charge in [0.2, 0.25) is 10.0 Å². The molecule has 0 spiro atoms. The van der Waals surface area contributed by atoms with Crippen molar-refractivity contribution in [3.63, 3.8) is 0 Å². The summed E-state index contributed by atoms with van der Waals surface area (Å²) in [5, 5.41) is 0. The SMILES string of the molecule is O=S(=O)(NC(CCl)Cc1ccccc1)c1cncc(Br)c1. The second-order valence-electron chi connectivity index (χ2n) is 4.50. The van der Waals surface area contributed by atoms with E-state index in [0.717, 1.165) is 5.56 Å². The molecule has 1 N–H and O–H groups in total. The lowest BCUT2D eigenvalue weighted by atomic mass is 10.1. The van der Waals surface area contributed by atoms with Crippen molar-refractivity contribution in [3.8, 4) is 0 Å². The van der Waals surface area contributed by atoms with E-state index in [0.29, 0.717) is 10.9 Å². The van der Waals surface area contributed by atoms with E-state index in [2.05, 4.69) is 25.6 Å². The van der Waals surface area contributed by atoms with E-state index in [9.17, 15) is 8.42 Å². The van der Waals surface area contributed by atoms with Crippen LogP contribution in [0.2, 0.25) is 0 Å². The van der Waals surface area contributed by atoms with Crippen molar-refractivity contribution in [3.05, 3.63) is 58.8 Å². The summed E-state index contributed by atoms with van der Waals surface area (Å²) in [5.74, 6) is 0.190. The van der Waals surface area contributed by atoms with E-state index in [4.69, 9.17) is 11.6 Å². The first kappa shape index (κ1) is 16.4. The van der Waals surface area contributed by atoms with Crippen molar-refractivity contribution in [1.29, 1.82) is 0 Å². The lowest BCUT2D eigenvalue weighted by Gasteiger charge is -2.16. The molecule has 1 aromatic heterocycles. The van der Waals surface area contributed by atoms with Crippen LogP contribution in [0.1, 0.15) is 5.56 Å². The molecule has 2 rings (SSSR count). The third-order valence-corrected chi connectivity index (χ3v) is 5.12. The lowest BCUT2D eigenvalue weighted by molar-refractivity contribution is 0.560. The molecule has 0 amide bonds. The number of hydrogen-bond acceptors (Lipinski definition) is 3. The van der Waals surface area contributed by atoms with E-state index in [1.165, 1.54) is 18.5 Å². The van der Waals surface area contributed by atoms with Gasteiger partial charge in [0.05, 0.1) is 0 Å². The van der Waals surface area contributed by atoms with Gasteiger partial charge in [-0.15, -0.1) is 11.6 Å². The molecular weight excluding hydrogens is 376 g/mol. The third-order valence-electron chi connectivity index (χ3n) is 2.82. The van der Waals surface area contributed by atoms with Crippen LogP contribution in [0, 0.1) is 0 Å². The molecule has 1 unspecified atom stereocenters. The van der Waals surface area contributed by atoms with Gasteiger partial charge in [0.1, 0.15) is 4.90 Å². The van der Waals surface area contributed by atoms with Gasteiger partial charge in [-0.2, -0.15) is 0 Å². The Morgan fingerprint density at radius 3 is 2.57 bits per heavy atom. The van der Waals surface area contributed by atoms with Crippen molar-refractivity contribution in [2.24, 2.45) is 0 Å². The minimum absolute atomic E-state index is 0.111. The van der Waals surface area contributed by atoms with E-state index < -0.39 is 10.0 Å². The molecule has 0 fully saturated rings. The summed E-state index contributed by atoms with van der Waals surface area (Å²) in [5.41, 5.74) is 1.03. The van der Waals surface area contributed by atoms with E-state index in [1.807, 2.05) is 30.3 Å². The van der Waals surface area contributed by atoms with Gasteiger partial charge >= 0.3 is 0 Å². The zero-order valence-corrected chi connectivity index (χ0v) is 14.2. The maximum Gasteiger partial charge on any atom is 0.242 e. The quantitative estimate of drug-likeness (QED) is 0.773. The topological polar surface area (TPSA) is 59.1 Å². The van der Waals surface area contributed by atoms with Gasteiger partial charge in [-0.05, 0) is 34.0 Å². The molecule has 0 aliphatic rings. The molecule has 7 heteroatoms. The second-order valence-corrected chi connectivity index (χ2v) is 7.44. The minimum Gasteiger partial charge on any atom is -0.262 e. The second kappa shape index (κ2) is 7.35. The number of sulfonamides is 1. The number of halogens is 2. The predicted octanol–water partition coefficient (Wildman–Crippen LogP) is 2.97. The fourth-order valence-corrected chi connectivity index (χ4v) is 3.87. The molecular formula is C14H14BrClN2O2S. The van der Waals surface area contributed by atoms with Crippen LogP contribution >= 0.6 is 27.5 Å². The molecule has 1 heterocycles. The summed E-state index contributed by atoms with van der Waals surface area (Å²) in [6.45, 7) is 0. The number of hydrogen-bond donors (Lipinski definition) is 1. The van der Waals surface area contributed by atoms with Crippen molar-refractivity contribution in [2.45, 2.75) is 17.4 Å². The number of rotatable bonds is 6. The summed E-state index contributed by atoms with van der Waals surface area (Å²) < 4.78 is 27.8. The standard InChI is InChI=1S/C14H14BrClN2O2S/c15-12-7-14(10-17-9-12)21(19,20)18-13(8-16)6-11-4-2-1-3-5-11/h1-5,7,9-10,13,18H,6,8H2. The number of benzene rings is 1. The Morgan fingerprint density at radius 1 is 1.24 bits per heavy atom. The number of nitrogens with one attached hydrogen (secondary N) is 1. The molecule has 0 aliphatic heterocycles. The Balaban J connectivity index is 2.14. The molecule has 0 aliphatic carbocycles. The molecule has 1 aromatic carbocycles. The highest BCUT2D eigenvalue weighted by atomic mass is 79.9. The summed E-state index contributed by atoms with van der Waals surface area (Å²) >= 11 is 9.10. The molecule has 2 aromatic rings. The molecule has 112 valence electrons. The average Bonchev–Trinajstić information content (AvgIpc) is 2.47. The Bertz CT molecular complexity index is 695. The van der Waals surface area contributed by atoms with Gasteiger partial charge in [0, 0.05) is 28.8 Å². The van der Waals surface area contributed by atoms with E-state index >= 15 is 0 Å². The fraction of sp³-hybridized carbons (Fsp3) is 0.214. The molecule has 0 radical (unpaired) electrons. The number of aromatic nitrogens is 1. The maximum atomic E-state index is 12.3. The first-order valence-electron chi connectivity index (χ1n) is 6.24.